The Kier molecular flexibility index (Phi) is 5.73. The maximum Gasteiger partial charge on any atom is -0.00173 e. The van der Waals surface area contributed by atoms with Crippen LogP contribution in [0.2, 0.25) is 0 Å². The van der Waals surface area contributed by atoms with Crippen molar-refractivity contribution in [2.24, 2.45) is 11.8 Å². The van der Waals surface area contributed by atoms with Crippen molar-refractivity contribution >= 4 is 0 Å². The molecule has 0 heterocycles. The summed E-state index contributed by atoms with van der Waals surface area (Å²) >= 11 is 0. The summed E-state index contributed by atoms with van der Waals surface area (Å²) in [4.78, 5) is 0. The highest BCUT2D eigenvalue weighted by molar-refractivity contribution is 5.15. The topological polar surface area (TPSA) is 12.0 Å². The minimum atomic E-state index is 0.815. The Labute approximate surface area is 112 Å². The number of hydrogen-bond donors (Lipinski definition) is 1. The average molecular weight is 245 g/mol. The molecule has 1 atom stereocenters. The van der Waals surface area contributed by atoms with Crippen molar-refractivity contribution in [3.05, 3.63) is 35.9 Å². The Balaban J connectivity index is 1.87. The highest BCUT2D eigenvalue weighted by atomic mass is 14.8. The van der Waals surface area contributed by atoms with Crippen LogP contribution in [-0.2, 0) is 6.42 Å². The van der Waals surface area contributed by atoms with Crippen LogP contribution >= 0.6 is 0 Å². The average Bonchev–Trinajstić information content (AvgIpc) is 2.90. The molecular formula is C17H27N. The van der Waals surface area contributed by atoms with Gasteiger partial charge in [-0.2, -0.15) is 0 Å². The summed E-state index contributed by atoms with van der Waals surface area (Å²) in [7, 11) is 0. The van der Waals surface area contributed by atoms with Crippen molar-refractivity contribution in [3.8, 4) is 0 Å². The molecule has 0 spiro atoms. The van der Waals surface area contributed by atoms with Crippen LogP contribution in [0.1, 0.15) is 44.6 Å². The van der Waals surface area contributed by atoms with Crippen LogP contribution in [0, 0.1) is 11.8 Å². The van der Waals surface area contributed by atoms with Gasteiger partial charge in [0, 0.05) is 0 Å². The minimum absolute atomic E-state index is 0.815. The summed E-state index contributed by atoms with van der Waals surface area (Å²) in [5, 5.41) is 3.54. The summed E-state index contributed by atoms with van der Waals surface area (Å²) in [5.74, 6) is 1.81. The van der Waals surface area contributed by atoms with Crippen LogP contribution in [-0.4, -0.2) is 13.1 Å². The molecular weight excluding hydrogens is 218 g/mol. The van der Waals surface area contributed by atoms with Gasteiger partial charge in [-0.3, -0.25) is 0 Å². The van der Waals surface area contributed by atoms with E-state index in [-0.39, 0.29) is 0 Å². The van der Waals surface area contributed by atoms with Crippen LogP contribution in [0.25, 0.3) is 0 Å². The predicted molar refractivity (Wildman–Crippen MR) is 78.8 cm³/mol. The van der Waals surface area contributed by atoms with E-state index < -0.39 is 0 Å². The first-order chi connectivity index (χ1) is 8.88. The molecule has 0 aromatic heterocycles. The quantitative estimate of drug-likeness (QED) is 0.764. The molecule has 1 N–H and O–H groups in total. The molecule has 18 heavy (non-hydrogen) atoms. The predicted octanol–water partition coefficient (Wildman–Crippen LogP) is 4.04. The molecule has 1 saturated carbocycles. The van der Waals surface area contributed by atoms with Gasteiger partial charge < -0.3 is 5.32 Å². The van der Waals surface area contributed by atoms with Crippen molar-refractivity contribution < 1.29 is 0 Å². The Morgan fingerprint density at radius 2 is 1.89 bits per heavy atom. The molecule has 1 fully saturated rings. The van der Waals surface area contributed by atoms with Crippen molar-refractivity contribution in [2.45, 2.75) is 45.4 Å². The molecule has 2 rings (SSSR count). The number of hydrogen-bond acceptors (Lipinski definition) is 1. The third kappa shape index (κ3) is 4.45. The van der Waals surface area contributed by atoms with E-state index >= 15 is 0 Å². The summed E-state index contributed by atoms with van der Waals surface area (Å²) in [6.07, 6.45) is 8.52. The largest absolute Gasteiger partial charge is 0.317 e. The van der Waals surface area contributed by atoms with E-state index in [1.54, 1.807) is 0 Å². The normalized spacial score (nSPS) is 18.1. The third-order valence-corrected chi connectivity index (χ3v) is 4.19. The minimum Gasteiger partial charge on any atom is -0.317 e. The smallest absolute Gasteiger partial charge is 0.00173 e. The van der Waals surface area contributed by atoms with Crippen molar-refractivity contribution in [3.63, 3.8) is 0 Å². The standard InChI is InChI=1S/C17H27N/c1-2-18-14-17(13-16-10-6-7-11-16)12-15-8-4-3-5-9-15/h3-5,8-9,16-18H,2,6-7,10-14H2,1H3. The van der Waals surface area contributed by atoms with E-state index in [1.165, 1.54) is 50.6 Å². The SMILES string of the molecule is CCNCC(Cc1ccccc1)CC1CCCC1. The van der Waals surface area contributed by atoms with E-state index in [9.17, 15) is 0 Å². The van der Waals surface area contributed by atoms with Gasteiger partial charge in [-0.15, -0.1) is 0 Å². The van der Waals surface area contributed by atoms with Gasteiger partial charge in [-0.25, -0.2) is 0 Å². The fourth-order valence-corrected chi connectivity index (χ4v) is 3.25. The van der Waals surface area contributed by atoms with Crippen molar-refractivity contribution in [2.75, 3.05) is 13.1 Å². The molecule has 1 heteroatoms. The lowest BCUT2D eigenvalue weighted by Gasteiger charge is -2.21. The van der Waals surface area contributed by atoms with Gasteiger partial charge in [0.15, 0.2) is 0 Å². The zero-order valence-electron chi connectivity index (χ0n) is 11.7. The summed E-state index contributed by atoms with van der Waals surface area (Å²) in [6, 6.07) is 11.0. The molecule has 1 aromatic rings. The van der Waals surface area contributed by atoms with E-state index in [1.807, 2.05) is 0 Å². The molecule has 0 amide bonds. The molecule has 1 aromatic carbocycles. The molecule has 1 unspecified atom stereocenters. The first-order valence-corrected chi connectivity index (χ1v) is 7.63. The van der Waals surface area contributed by atoms with E-state index in [0.29, 0.717) is 0 Å². The van der Waals surface area contributed by atoms with Gasteiger partial charge in [0.1, 0.15) is 0 Å². The third-order valence-electron chi connectivity index (χ3n) is 4.19. The van der Waals surface area contributed by atoms with E-state index in [4.69, 9.17) is 0 Å². The van der Waals surface area contributed by atoms with Crippen LogP contribution in [0.15, 0.2) is 30.3 Å². The number of rotatable bonds is 7. The monoisotopic (exact) mass is 245 g/mol. The molecule has 1 nitrogen and oxygen atoms in total. The maximum atomic E-state index is 3.54. The van der Waals surface area contributed by atoms with E-state index in [2.05, 4.69) is 42.6 Å². The highest BCUT2D eigenvalue weighted by Crippen LogP contribution is 2.31. The van der Waals surface area contributed by atoms with Gasteiger partial charge in [0.25, 0.3) is 0 Å². The highest BCUT2D eigenvalue weighted by Gasteiger charge is 2.20. The lowest BCUT2D eigenvalue weighted by atomic mass is 9.88. The van der Waals surface area contributed by atoms with Crippen LogP contribution < -0.4 is 5.32 Å². The van der Waals surface area contributed by atoms with Gasteiger partial charge >= 0.3 is 0 Å². The second-order valence-electron chi connectivity index (χ2n) is 5.75. The first-order valence-electron chi connectivity index (χ1n) is 7.63. The first kappa shape index (κ1) is 13.6. The Hall–Kier alpha value is -0.820. The van der Waals surface area contributed by atoms with Crippen molar-refractivity contribution in [1.29, 1.82) is 0 Å². The molecule has 1 aliphatic carbocycles. The summed E-state index contributed by atoms with van der Waals surface area (Å²) in [5.41, 5.74) is 1.50. The van der Waals surface area contributed by atoms with Gasteiger partial charge in [0.2, 0.25) is 0 Å². The fourth-order valence-electron chi connectivity index (χ4n) is 3.25. The molecule has 0 radical (unpaired) electrons. The Bertz CT molecular complexity index is 314. The summed E-state index contributed by atoms with van der Waals surface area (Å²) < 4.78 is 0. The Morgan fingerprint density at radius 3 is 2.56 bits per heavy atom. The van der Waals surface area contributed by atoms with Crippen molar-refractivity contribution in [1.82, 2.24) is 5.32 Å². The maximum absolute atomic E-state index is 3.54. The molecule has 0 aliphatic heterocycles. The van der Waals surface area contributed by atoms with Gasteiger partial charge in [-0.05, 0) is 43.3 Å². The number of benzene rings is 1. The zero-order chi connectivity index (χ0) is 12.6. The van der Waals surface area contributed by atoms with Crippen LogP contribution in [0.5, 0.6) is 0 Å². The lowest BCUT2D eigenvalue weighted by Crippen LogP contribution is -2.25. The number of nitrogens with one attached hydrogen (secondary N) is 1. The summed E-state index contributed by atoms with van der Waals surface area (Å²) in [6.45, 7) is 4.48. The molecule has 0 bridgehead atoms. The molecule has 1 aliphatic rings. The zero-order valence-corrected chi connectivity index (χ0v) is 11.7. The lowest BCUT2D eigenvalue weighted by molar-refractivity contribution is 0.359. The Morgan fingerprint density at radius 1 is 1.17 bits per heavy atom. The fraction of sp³-hybridized carbons (Fsp3) is 0.647. The second kappa shape index (κ2) is 7.58. The second-order valence-corrected chi connectivity index (χ2v) is 5.75. The van der Waals surface area contributed by atoms with Gasteiger partial charge in [0.05, 0.1) is 0 Å². The van der Waals surface area contributed by atoms with Gasteiger partial charge in [-0.1, -0.05) is 62.9 Å². The van der Waals surface area contributed by atoms with Crippen LogP contribution in [0.4, 0.5) is 0 Å². The molecule has 0 saturated heterocycles. The van der Waals surface area contributed by atoms with Crippen LogP contribution in [0.3, 0.4) is 0 Å². The van der Waals surface area contributed by atoms with E-state index in [0.717, 1.165) is 18.4 Å². The molecule has 100 valence electrons.